The van der Waals surface area contributed by atoms with Crippen molar-refractivity contribution in [1.29, 1.82) is 0 Å². The highest BCUT2D eigenvalue weighted by Gasteiger charge is 2.32. The van der Waals surface area contributed by atoms with Gasteiger partial charge in [-0.15, -0.1) is 0 Å². The zero-order chi connectivity index (χ0) is 19.7. The third-order valence-corrected chi connectivity index (χ3v) is 3.49. The number of aliphatic carboxylic acids is 1. The van der Waals surface area contributed by atoms with E-state index in [4.69, 9.17) is 10.8 Å². The number of hydrogen-bond donors (Lipinski definition) is 8. The first-order chi connectivity index (χ1) is 11.5. The molecular formula is C13H24N4O7S. The number of nitrogens with two attached hydrogens (primary N) is 1. The number of carbonyl (C=O) groups is 4. The van der Waals surface area contributed by atoms with Gasteiger partial charge in [0.1, 0.15) is 12.1 Å². The van der Waals surface area contributed by atoms with E-state index in [-0.39, 0.29) is 5.75 Å². The topological polar surface area (TPSA) is 191 Å². The van der Waals surface area contributed by atoms with Crippen LogP contribution in [0.5, 0.6) is 0 Å². The van der Waals surface area contributed by atoms with Crippen molar-refractivity contribution in [3.05, 3.63) is 0 Å². The van der Waals surface area contributed by atoms with Gasteiger partial charge >= 0.3 is 5.97 Å². The second-order valence-electron chi connectivity index (χ2n) is 5.30. The summed E-state index contributed by atoms with van der Waals surface area (Å²) in [6.45, 7) is 2.03. The van der Waals surface area contributed by atoms with Gasteiger partial charge in [-0.05, 0) is 13.8 Å². The van der Waals surface area contributed by atoms with Gasteiger partial charge in [0.2, 0.25) is 17.7 Å². The Kier molecular flexibility index (Phi) is 10.0. The molecule has 0 aromatic rings. The molecule has 0 aliphatic heterocycles. The summed E-state index contributed by atoms with van der Waals surface area (Å²) in [5.74, 6) is -4.11. The second kappa shape index (κ2) is 10.9. The molecule has 0 radical (unpaired) electrons. The minimum absolute atomic E-state index is 0.193. The van der Waals surface area contributed by atoms with Crippen LogP contribution < -0.4 is 21.7 Å². The maximum atomic E-state index is 12.2. The summed E-state index contributed by atoms with van der Waals surface area (Å²) in [7, 11) is 0. The van der Waals surface area contributed by atoms with Crippen molar-refractivity contribution in [3.8, 4) is 0 Å². The first kappa shape index (κ1) is 23.1. The van der Waals surface area contributed by atoms with E-state index in [0.29, 0.717) is 0 Å². The van der Waals surface area contributed by atoms with Crippen LogP contribution in [0.25, 0.3) is 0 Å². The normalized spacial score (nSPS) is 16.7. The first-order valence-corrected chi connectivity index (χ1v) is 7.98. The Morgan fingerprint density at radius 2 is 1.48 bits per heavy atom. The van der Waals surface area contributed by atoms with E-state index < -0.39 is 60.6 Å². The Labute approximate surface area is 149 Å². The molecule has 0 saturated heterocycles. The molecule has 5 atom stereocenters. The third-order valence-electron chi connectivity index (χ3n) is 3.13. The van der Waals surface area contributed by atoms with Crippen LogP contribution in [0.3, 0.4) is 0 Å². The van der Waals surface area contributed by atoms with Gasteiger partial charge in [-0.2, -0.15) is 12.6 Å². The summed E-state index contributed by atoms with van der Waals surface area (Å²) >= 11 is 3.91. The Morgan fingerprint density at radius 1 is 0.960 bits per heavy atom. The molecule has 0 bridgehead atoms. The summed E-state index contributed by atoms with van der Waals surface area (Å²) < 4.78 is 0. The van der Waals surface area contributed by atoms with Gasteiger partial charge in [0, 0.05) is 5.75 Å². The summed E-state index contributed by atoms with van der Waals surface area (Å²) in [4.78, 5) is 46.5. The molecule has 11 nitrogen and oxygen atoms in total. The molecule has 0 aromatic carbocycles. The molecule has 5 unspecified atom stereocenters. The summed E-state index contributed by atoms with van der Waals surface area (Å²) in [6.07, 6.45) is -2.64. The lowest BCUT2D eigenvalue weighted by Crippen LogP contribution is -2.60. The molecule has 25 heavy (non-hydrogen) atoms. The van der Waals surface area contributed by atoms with Crippen molar-refractivity contribution in [2.75, 3.05) is 12.3 Å². The number of carboxylic acids is 1. The van der Waals surface area contributed by atoms with Crippen molar-refractivity contribution in [1.82, 2.24) is 16.0 Å². The highest BCUT2D eigenvalue weighted by molar-refractivity contribution is 7.80. The molecule has 8 N–H and O–H groups in total. The molecular weight excluding hydrogens is 356 g/mol. The van der Waals surface area contributed by atoms with Crippen molar-refractivity contribution in [3.63, 3.8) is 0 Å². The lowest BCUT2D eigenvalue weighted by atomic mass is 10.1. The van der Waals surface area contributed by atoms with Crippen LogP contribution in [0.15, 0.2) is 0 Å². The standard InChI is InChI=1S/C13H24N4O7S/c1-5(18)9(16-8(20)3-14)12(22)15-7(4-25)11(21)17-10(6(2)19)13(23)24/h5-7,9-10,18-19,25H,3-4,14H2,1-2H3,(H,15,22)(H,16,20)(H,17,21)(H,23,24). The number of rotatable bonds is 10. The number of hydrogen-bond acceptors (Lipinski definition) is 8. The van der Waals surface area contributed by atoms with Gasteiger partial charge in [-0.25, -0.2) is 4.79 Å². The quantitative estimate of drug-likeness (QED) is 0.177. The Balaban J connectivity index is 5.04. The van der Waals surface area contributed by atoms with Gasteiger partial charge in [0.05, 0.1) is 18.8 Å². The van der Waals surface area contributed by atoms with E-state index >= 15 is 0 Å². The highest BCUT2D eigenvalue weighted by atomic mass is 32.1. The lowest BCUT2D eigenvalue weighted by molar-refractivity contribution is -0.145. The van der Waals surface area contributed by atoms with Crippen LogP contribution in [-0.4, -0.2) is 81.6 Å². The zero-order valence-corrected chi connectivity index (χ0v) is 14.7. The van der Waals surface area contributed by atoms with Crippen molar-refractivity contribution >= 4 is 36.3 Å². The minimum Gasteiger partial charge on any atom is -0.480 e. The maximum absolute atomic E-state index is 12.2. The molecule has 0 aromatic heterocycles. The number of aliphatic hydroxyl groups is 2. The number of carboxylic acid groups (broad SMARTS) is 1. The molecule has 0 saturated carbocycles. The molecule has 0 aliphatic rings. The van der Waals surface area contributed by atoms with Gasteiger partial charge in [0.25, 0.3) is 0 Å². The molecule has 0 fully saturated rings. The van der Waals surface area contributed by atoms with E-state index in [0.717, 1.165) is 0 Å². The number of carbonyl (C=O) groups excluding carboxylic acids is 3. The Hall–Kier alpha value is -1.89. The van der Waals surface area contributed by atoms with Crippen LogP contribution in [0.2, 0.25) is 0 Å². The van der Waals surface area contributed by atoms with E-state index in [9.17, 15) is 29.4 Å². The van der Waals surface area contributed by atoms with Crippen molar-refractivity contribution < 1.29 is 34.5 Å². The van der Waals surface area contributed by atoms with Gasteiger partial charge in [-0.1, -0.05) is 0 Å². The molecule has 0 rings (SSSR count). The number of thiol groups is 1. The number of amides is 3. The smallest absolute Gasteiger partial charge is 0.328 e. The zero-order valence-electron chi connectivity index (χ0n) is 13.8. The first-order valence-electron chi connectivity index (χ1n) is 7.35. The summed E-state index contributed by atoms with van der Waals surface area (Å²) in [5.41, 5.74) is 5.13. The van der Waals surface area contributed by atoms with Gasteiger partial charge in [0.15, 0.2) is 6.04 Å². The van der Waals surface area contributed by atoms with Crippen molar-refractivity contribution in [2.45, 2.75) is 44.2 Å². The second-order valence-corrected chi connectivity index (χ2v) is 5.66. The number of nitrogens with one attached hydrogen (secondary N) is 3. The van der Waals surface area contributed by atoms with E-state index in [1.165, 1.54) is 13.8 Å². The molecule has 0 aliphatic carbocycles. The fraction of sp³-hybridized carbons (Fsp3) is 0.692. The molecule has 144 valence electrons. The van der Waals surface area contributed by atoms with Crippen LogP contribution >= 0.6 is 12.6 Å². The van der Waals surface area contributed by atoms with E-state index in [1.54, 1.807) is 0 Å². The Morgan fingerprint density at radius 3 is 1.84 bits per heavy atom. The minimum atomic E-state index is -1.57. The Bertz CT molecular complexity index is 501. The lowest BCUT2D eigenvalue weighted by Gasteiger charge is -2.25. The maximum Gasteiger partial charge on any atom is 0.328 e. The predicted octanol–water partition coefficient (Wildman–Crippen LogP) is -3.82. The third kappa shape index (κ3) is 7.69. The summed E-state index contributed by atoms with van der Waals surface area (Å²) in [5, 5.41) is 34.4. The largest absolute Gasteiger partial charge is 0.480 e. The highest BCUT2D eigenvalue weighted by Crippen LogP contribution is 1.99. The fourth-order valence-electron chi connectivity index (χ4n) is 1.74. The average Bonchev–Trinajstić information content (AvgIpc) is 2.53. The molecule has 0 spiro atoms. The predicted molar refractivity (Wildman–Crippen MR) is 89.7 cm³/mol. The number of aliphatic hydroxyl groups excluding tert-OH is 2. The van der Waals surface area contributed by atoms with Crippen LogP contribution in [0.1, 0.15) is 13.8 Å². The van der Waals surface area contributed by atoms with Gasteiger partial charge in [-0.3, -0.25) is 14.4 Å². The van der Waals surface area contributed by atoms with E-state index in [2.05, 4.69) is 28.6 Å². The SMILES string of the molecule is CC(O)C(NC(=O)C(CS)NC(=O)C(NC(=O)CN)C(C)O)C(=O)O. The average molecular weight is 380 g/mol. The van der Waals surface area contributed by atoms with Crippen LogP contribution in [-0.2, 0) is 19.2 Å². The van der Waals surface area contributed by atoms with Crippen molar-refractivity contribution in [2.24, 2.45) is 5.73 Å². The summed E-state index contributed by atoms with van der Waals surface area (Å²) in [6, 6.07) is -4.19. The monoisotopic (exact) mass is 380 g/mol. The van der Waals surface area contributed by atoms with E-state index in [1.807, 2.05) is 0 Å². The van der Waals surface area contributed by atoms with Crippen LogP contribution in [0.4, 0.5) is 0 Å². The van der Waals surface area contributed by atoms with Crippen LogP contribution in [0, 0.1) is 0 Å². The van der Waals surface area contributed by atoms with Gasteiger partial charge < -0.3 is 37.0 Å². The molecule has 12 heteroatoms. The fourth-order valence-corrected chi connectivity index (χ4v) is 1.99. The molecule has 3 amide bonds. The molecule has 0 heterocycles.